The highest BCUT2D eigenvalue weighted by Crippen LogP contribution is 2.43. The number of amides is 1. The molecule has 174 valence electrons. The molecular weight excluding hydrogens is 417 g/mol. The van der Waals surface area contributed by atoms with Gasteiger partial charge in [0, 0.05) is 42.7 Å². The van der Waals surface area contributed by atoms with E-state index in [4.69, 9.17) is 14.6 Å². The summed E-state index contributed by atoms with van der Waals surface area (Å²) in [5.41, 5.74) is 2.12. The van der Waals surface area contributed by atoms with Gasteiger partial charge in [-0.2, -0.15) is 0 Å². The van der Waals surface area contributed by atoms with Crippen LogP contribution in [-0.2, 0) is 25.5 Å². The third-order valence-corrected chi connectivity index (χ3v) is 6.38. The molecule has 3 heterocycles. The van der Waals surface area contributed by atoms with Crippen LogP contribution in [-0.4, -0.2) is 78.1 Å². The van der Waals surface area contributed by atoms with Gasteiger partial charge < -0.3 is 24.6 Å². The number of piperidine rings is 1. The molecule has 2 N–H and O–H groups in total. The highest BCUT2D eigenvalue weighted by Gasteiger charge is 2.50. The largest absolute Gasteiger partial charge is 0.483 e. The number of aryl methyl sites for hydroxylation is 1. The fraction of sp³-hybridized carbons (Fsp3) is 0.522. The van der Waals surface area contributed by atoms with Crippen LogP contribution in [0.1, 0.15) is 30.5 Å². The molecule has 1 amide bonds. The minimum atomic E-state index is -0.447. The Bertz CT molecular complexity index is 995. The second kappa shape index (κ2) is 9.68. The van der Waals surface area contributed by atoms with Gasteiger partial charge in [0.2, 0.25) is 5.91 Å². The van der Waals surface area contributed by atoms with E-state index in [1.54, 1.807) is 6.07 Å². The molecule has 2 aliphatic heterocycles. The predicted octanol–water partition coefficient (Wildman–Crippen LogP) is 2.34. The monoisotopic (exact) mass is 447 g/mol. The lowest BCUT2D eigenvalue weighted by molar-refractivity contribution is -0.152. The van der Waals surface area contributed by atoms with Crippen LogP contribution >= 0.6 is 0 Å². The van der Waals surface area contributed by atoms with Crippen molar-refractivity contribution in [1.29, 1.82) is 0 Å². The summed E-state index contributed by atoms with van der Waals surface area (Å²) in [6.07, 6.45) is 2.18. The third kappa shape index (κ3) is 4.93. The number of nitrogens with one attached hydrogen (secondary N) is 1. The number of benzene rings is 1. The van der Waals surface area contributed by atoms with Crippen molar-refractivity contribution in [2.75, 3.05) is 33.7 Å². The average Bonchev–Trinajstić information content (AvgIpc) is 3.18. The molecule has 2 fully saturated rings. The number of halogens is 1. The Balaban J connectivity index is 0.000000913. The summed E-state index contributed by atoms with van der Waals surface area (Å²) in [7, 11) is 3.94. The number of carbonyl (C=O) groups is 3. The lowest BCUT2D eigenvalue weighted by atomic mass is 9.76. The maximum Gasteiger partial charge on any atom is 0.312 e. The van der Waals surface area contributed by atoms with Crippen LogP contribution in [0, 0.1) is 18.2 Å². The Morgan fingerprint density at radius 3 is 2.66 bits per heavy atom. The maximum absolute atomic E-state index is 13.7. The molecule has 9 heteroatoms. The topological polar surface area (TPSA) is 103 Å². The molecule has 1 unspecified atom stereocenters. The van der Waals surface area contributed by atoms with Gasteiger partial charge in [-0.3, -0.25) is 14.4 Å². The Morgan fingerprint density at radius 1 is 1.38 bits per heavy atom. The van der Waals surface area contributed by atoms with Gasteiger partial charge in [-0.25, -0.2) is 4.39 Å². The molecule has 8 nitrogen and oxygen atoms in total. The van der Waals surface area contributed by atoms with Crippen LogP contribution in [0.3, 0.4) is 0 Å². The minimum absolute atomic E-state index is 0.0179. The van der Waals surface area contributed by atoms with Crippen molar-refractivity contribution in [3.05, 3.63) is 35.3 Å². The lowest BCUT2D eigenvalue weighted by Gasteiger charge is -2.36. The second-order valence-electron chi connectivity index (χ2n) is 8.86. The first-order chi connectivity index (χ1) is 15.2. The number of likely N-dealkylation sites (N-methyl/N-ethyl adjacent to an activating group) is 1. The Hall–Kier alpha value is -2.94. The number of H-pyrrole nitrogens is 1. The summed E-state index contributed by atoms with van der Waals surface area (Å²) in [5.74, 6) is -0.402. The van der Waals surface area contributed by atoms with E-state index >= 15 is 0 Å². The van der Waals surface area contributed by atoms with E-state index in [9.17, 15) is 14.0 Å². The summed E-state index contributed by atoms with van der Waals surface area (Å²) >= 11 is 0. The molecule has 1 spiro atoms. The molecule has 0 radical (unpaired) electrons. The van der Waals surface area contributed by atoms with Gasteiger partial charge in [-0.05, 0) is 57.6 Å². The Kier molecular flexibility index (Phi) is 7.18. The summed E-state index contributed by atoms with van der Waals surface area (Å²) < 4.78 is 19.3. The van der Waals surface area contributed by atoms with E-state index in [1.165, 1.54) is 12.1 Å². The number of hydrogen-bond donors (Lipinski definition) is 2. The molecule has 0 aliphatic carbocycles. The van der Waals surface area contributed by atoms with Crippen molar-refractivity contribution in [3.8, 4) is 0 Å². The third-order valence-electron chi connectivity index (χ3n) is 6.38. The molecule has 2 saturated heterocycles. The van der Waals surface area contributed by atoms with Crippen molar-refractivity contribution in [1.82, 2.24) is 14.8 Å². The normalized spacial score (nSPS) is 19.7. The first-order valence-corrected chi connectivity index (χ1v) is 10.7. The Labute approximate surface area is 186 Å². The highest BCUT2D eigenvalue weighted by molar-refractivity contribution is 5.90. The molecule has 2 aromatic rings. The lowest BCUT2D eigenvalue weighted by Crippen LogP contribution is -2.45. The zero-order valence-corrected chi connectivity index (χ0v) is 18.7. The van der Waals surface area contributed by atoms with Crippen LogP contribution in [0.2, 0.25) is 0 Å². The predicted molar refractivity (Wildman–Crippen MR) is 117 cm³/mol. The zero-order valence-electron chi connectivity index (χ0n) is 18.7. The zero-order chi connectivity index (χ0) is 23.5. The number of likely N-dealkylation sites (tertiary alicyclic amines) is 1. The van der Waals surface area contributed by atoms with Gasteiger partial charge in [0.05, 0.1) is 11.8 Å². The van der Waals surface area contributed by atoms with E-state index in [0.29, 0.717) is 25.9 Å². The summed E-state index contributed by atoms with van der Waals surface area (Å²) in [4.78, 5) is 40.9. The summed E-state index contributed by atoms with van der Waals surface area (Å²) in [6, 6.07) is 4.59. The number of aromatic nitrogens is 1. The number of ether oxygens (including phenoxy) is 1. The summed E-state index contributed by atoms with van der Waals surface area (Å²) in [5, 5.41) is 7.65. The fourth-order valence-corrected chi connectivity index (χ4v) is 4.78. The quantitative estimate of drug-likeness (QED) is 0.551. The van der Waals surface area contributed by atoms with Gasteiger partial charge >= 0.3 is 5.97 Å². The standard InChI is InChI=1S/C22H28FN3O3.CH2O2/c1-14-17(18-10-15(23)4-5-19(18)24-14)11-20(27)26-8-6-22(7-9-26)12-16(13-25(2)3)29-21(22)28;2-1-3/h4-5,10,16,24H,6-9,11-13H2,1-3H3;1H,(H,2,3). The fourth-order valence-electron chi connectivity index (χ4n) is 4.78. The average molecular weight is 448 g/mol. The minimum Gasteiger partial charge on any atom is -0.483 e. The maximum atomic E-state index is 13.7. The van der Waals surface area contributed by atoms with E-state index in [0.717, 1.165) is 35.1 Å². The second-order valence-corrected chi connectivity index (χ2v) is 8.86. The number of carbonyl (C=O) groups excluding carboxylic acids is 2. The van der Waals surface area contributed by atoms with Gasteiger partial charge in [0.1, 0.15) is 11.9 Å². The molecule has 1 atom stereocenters. The molecule has 1 aromatic carbocycles. The number of carboxylic acid groups (broad SMARTS) is 1. The number of aromatic amines is 1. The molecule has 0 bridgehead atoms. The van der Waals surface area contributed by atoms with E-state index in [2.05, 4.69) is 4.98 Å². The van der Waals surface area contributed by atoms with E-state index in [-0.39, 0.29) is 36.7 Å². The number of fused-ring (bicyclic) bond motifs is 1. The van der Waals surface area contributed by atoms with Gasteiger partial charge in [0.25, 0.3) is 6.47 Å². The van der Waals surface area contributed by atoms with Crippen LogP contribution in [0.25, 0.3) is 10.9 Å². The van der Waals surface area contributed by atoms with Crippen molar-refractivity contribution >= 4 is 29.3 Å². The number of rotatable bonds is 4. The number of nitrogens with zero attached hydrogens (tertiary/aromatic N) is 2. The van der Waals surface area contributed by atoms with Crippen LogP contribution in [0.15, 0.2) is 18.2 Å². The molecule has 0 saturated carbocycles. The van der Waals surface area contributed by atoms with E-state index < -0.39 is 5.41 Å². The molecule has 32 heavy (non-hydrogen) atoms. The first kappa shape index (κ1) is 23.7. The molecule has 1 aromatic heterocycles. The van der Waals surface area contributed by atoms with Crippen molar-refractivity contribution in [2.45, 2.75) is 38.7 Å². The number of hydrogen-bond acceptors (Lipinski definition) is 5. The first-order valence-electron chi connectivity index (χ1n) is 10.7. The molecule has 2 aliphatic rings. The summed E-state index contributed by atoms with van der Waals surface area (Å²) in [6.45, 7) is 3.49. The Morgan fingerprint density at radius 2 is 2.03 bits per heavy atom. The highest BCUT2D eigenvalue weighted by atomic mass is 19.1. The number of esters is 1. The van der Waals surface area contributed by atoms with Crippen molar-refractivity contribution in [2.24, 2.45) is 5.41 Å². The van der Waals surface area contributed by atoms with Crippen molar-refractivity contribution in [3.63, 3.8) is 0 Å². The van der Waals surface area contributed by atoms with Gasteiger partial charge in [-0.15, -0.1) is 0 Å². The van der Waals surface area contributed by atoms with Gasteiger partial charge in [0.15, 0.2) is 0 Å². The van der Waals surface area contributed by atoms with Crippen LogP contribution in [0.5, 0.6) is 0 Å². The van der Waals surface area contributed by atoms with E-state index in [1.807, 2.05) is 30.8 Å². The SMILES string of the molecule is Cc1[nH]c2ccc(F)cc2c1CC(=O)N1CCC2(CC1)CC(CN(C)C)OC2=O.O=CO. The van der Waals surface area contributed by atoms with Crippen LogP contribution in [0.4, 0.5) is 4.39 Å². The van der Waals surface area contributed by atoms with Crippen molar-refractivity contribution < 1.29 is 28.6 Å². The molecule has 4 rings (SSSR count). The van der Waals surface area contributed by atoms with Gasteiger partial charge in [-0.1, -0.05) is 0 Å². The smallest absolute Gasteiger partial charge is 0.312 e. The molecular formula is C23H30FN3O5. The van der Waals surface area contributed by atoms with Crippen LogP contribution < -0.4 is 0 Å². The number of cyclic esters (lactones) is 1.